The van der Waals surface area contributed by atoms with Crippen LogP contribution in [0.1, 0.15) is 40.5 Å². The van der Waals surface area contributed by atoms with Gasteiger partial charge in [0.1, 0.15) is 0 Å². The third-order valence-corrected chi connectivity index (χ3v) is 12.3. The molecule has 4 rings (SSSR count). The van der Waals surface area contributed by atoms with E-state index in [-0.39, 0.29) is 11.2 Å². The van der Waals surface area contributed by atoms with Gasteiger partial charge in [0, 0.05) is 0 Å². The quantitative estimate of drug-likeness (QED) is 0.265. The van der Waals surface area contributed by atoms with E-state index in [4.69, 9.17) is 0 Å². The third kappa shape index (κ3) is 5.31. The van der Waals surface area contributed by atoms with Crippen molar-refractivity contribution in [3.05, 3.63) is 126 Å². The minimum atomic E-state index is -2.28. The Kier molecular flexibility index (Phi) is 7.68. The van der Waals surface area contributed by atoms with Crippen molar-refractivity contribution in [3.63, 3.8) is 0 Å². The van der Waals surface area contributed by atoms with Crippen molar-refractivity contribution in [2.75, 3.05) is 6.16 Å². The zero-order valence-corrected chi connectivity index (χ0v) is 22.4. The zero-order valence-electron chi connectivity index (χ0n) is 21.4. The first kappa shape index (κ1) is 25.1. The first-order valence-electron chi connectivity index (χ1n) is 12.6. The number of carbonyl (C=O) groups excluding carboxylic acids is 1. The van der Waals surface area contributed by atoms with Crippen LogP contribution in [0.2, 0.25) is 0 Å². The molecule has 0 bridgehead atoms. The van der Waals surface area contributed by atoms with Gasteiger partial charge in [-0.05, 0) is 0 Å². The molecular weight excluding hydrogens is 443 g/mol. The van der Waals surface area contributed by atoms with Gasteiger partial charge >= 0.3 is 212 Å². The van der Waals surface area contributed by atoms with Gasteiger partial charge in [-0.25, -0.2) is 0 Å². The molecule has 0 saturated carbocycles. The topological polar surface area (TPSA) is 17.1 Å². The van der Waals surface area contributed by atoms with Crippen LogP contribution in [0.3, 0.4) is 0 Å². The Morgan fingerprint density at radius 3 is 1.74 bits per heavy atom. The molecule has 1 nitrogen and oxygen atoms in total. The number of hydrogen-bond donors (Lipinski definition) is 0. The van der Waals surface area contributed by atoms with Crippen LogP contribution in [0.5, 0.6) is 0 Å². The predicted molar refractivity (Wildman–Crippen MR) is 155 cm³/mol. The Bertz CT molecular complexity index is 1150. The maximum absolute atomic E-state index is 12.4. The van der Waals surface area contributed by atoms with Crippen LogP contribution in [0.4, 0.5) is 0 Å². The van der Waals surface area contributed by atoms with Crippen LogP contribution >= 0.6 is 7.26 Å². The van der Waals surface area contributed by atoms with Crippen LogP contribution in [0, 0.1) is 5.41 Å². The molecule has 0 spiro atoms. The summed E-state index contributed by atoms with van der Waals surface area (Å²) in [5, 5.41) is 4.26. The molecular formula is C33H37OP. The van der Waals surface area contributed by atoms with Gasteiger partial charge in [0.2, 0.25) is 0 Å². The van der Waals surface area contributed by atoms with Crippen LogP contribution in [0.15, 0.2) is 126 Å². The molecule has 0 aromatic heterocycles. The normalized spacial score (nSPS) is 17.1. The number of Topliss-reactive ketones (excluding diaryl/α,β-unsaturated/α-hetero) is 1. The first-order valence-corrected chi connectivity index (χ1v) is 14.8. The Hall–Kier alpha value is -3.02. The van der Waals surface area contributed by atoms with Crippen molar-refractivity contribution in [1.82, 2.24) is 0 Å². The molecule has 3 aromatic rings. The average molecular weight is 481 g/mol. The fourth-order valence-electron chi connectivity index (χ4n) is 5.38. The number of benzene rings is 3. The number of carbonyl (C=O) groups is 1. The number of ketones is 1. The third-order valence-electron chi connectivity index (χ3n) is 7.57. The fourth-order valence-corrected chi connectivity index (χ4v) is 9.99. The second-order valence-corrected chi connectivity index (χ2v) is 14.3. The Morgan fingerprint density at radius 2 is 1.29 bits per heavy atom. The van der Waals surface area contributed by atoms with Crippen molar-refractivity contribution < 1.29 is 4.79 Å². The summed E-state index contributed by atoms with van der Waals surface area (Å²) in [4.78, 5) is 12.4. The summed E-state index contributed by atoms with van der Waals surface area (Å²) in [6, 6.07) is 33.1. The van der Waals surface area contributed by atoms with Crippen LogP contribution in [-0.4, -0.2) is 11.9 Å². The van der Waals surface area contributed by atoms with Gasteiger partial charge in [0.05, 0.1) is 0 Å². The number of allylic oxidation sites excluding steroid dienone is 6. The molecule has 35 heavy (non-hydrogen) atoms. The zero-order chi connectivity index (χ0) is 24.9. The van der Waals surface area contributed by atoms with E-state index >= 15 is 0 Å². The molecule has 0 heterocycles. The monoisotopic (exact) mass is 480 g/mol. The number of hydrogen-bond acceptors (Lipinski definition) is 1. The molecule has 0 radical (unpaired) electrons. The molecule has 0 aliphatic heterocycles. The van der Waals surface area contributed by atoms with Gasteiger partial charge in [-0.1, -0.05) is 0 Å². The fraction of sp³-hybridized carbons (Fsp3) is 0.242. The molecule has 0 unspecified atom stereocenters. The number of rotatable bonds is 7. The van der Waals surface area contributed by atoms with Crippen molar-refractivity contribution in [2.24, 2.45) is 5.41 Å². The first-order chi connectivity index (χ1) is 16.8. The van der Waals surface area contributed by atoms with E-state index in [2.05, 4.69) is 130 Å². The van der Waals surface area contributed by atoms with Gasteiger partial charge in [-0.2, -0.15) is 0 Å². The van der Waals surface area contributed by atoms with E-state index in [0.717, 1.165) is 18.2 Å². The molecule has 1 aliphatic rings. The summed E-state index contributed by atoms with van der Waals surface area (Å²) in [5.41, 5.74) is 3.37. The second-order valence-electron chi connectivity index (χ2n) is 10.3. The van der Waals surface area contributed by atoms with Crippen molar-refractivity contribution in [2.45, 2.75) is 40.5 Å². The molecule has 2 heteroatoms. The molecule has 0 amide bonds. The standard InChI is InChI=1S/C33H37OP/c1-26(20-21-31-27(2)32(34)22-24-33(31,3)4)23-25-35(28-14-8-5-9-15-28,29-16-10-6-11-17-29)30-18-12-7-13-19-30/h5-21,23,35H,22,24-25H2,1-4H3. The molecule has 180 valence electrons. The van der Waals surface area contributed by atoms with E-state index < -0.39 is 7.26 Å². The Morgan fingerprint density at radius 1 is 0.829 bits per heavy atom. The molecule has 1 aliphatic carbocycles. The maximum atomic E-state index is 12.4. The summed E-state index contributed by atoms with van der Waals surface area (Å²) >= 11 is 0. The van der Waals surface area contributed by atoms with E-state index in [1.807, 2.05) is 6.92 Å². The molecule has 0 atom stereocenters. The Labute approximate surface area is 211 Å². The van der Waals surface area contributed by atoms with Crippen LogP contribution in [-0.2, 0) is 4.79 Å². The molecule has 0 fully saturated rings. The van der Waals surface area contributed by atoms with Crippen molar-refractivity contribution in [3.8, 4) is 0 Å². The van der Waals surface area contributed by atoms with E-state index in [9.17, 15) is 4.79 Å². The van der Waals surface area contributed by atoms with Gasteiger partial charge < -0.3 is 0 Å². The predicted octanol–water partition coefficient (Wildman–Crippen LogP) is 6.92. The van der Waals surface area contributed by atoms with E-state index in [1.54, 1.807) is 0 Å². The Balaban J connectivity index is 1.78. The van der Waals surface area contributed by atoms with Crippen LogP contribution < -0.4 is 15.9 Å². The van der Waals surface area contributed by atoms with Gasteiger partial charge in [-0.15, -0.1) is 0 Å². The van der Waals surface area contributed by atoms with Gasteiger partial charge in [0.15, 0.2) is 0 Å². The van der Waals surface area contributed by atoms with Crippen molar-refractivity contribution in [1.29, 1.82) is 0 Å². The summed E-state index contributed by atoms with van der Waals surface area (Å²) in [6.07, 6.45) is 9.35. The second kappa shape index (κ2) is 10.7. The summed E-state index contributed by atoms with van der Waals surface area (Å²) < 4.78 is 0. The summed E-state index contributed by atoms with van der Waals surface area (Å²) in [7, 11) is -2.28. The molecule has 0 saturated heterocycles. The van der Waals surface area contributed by atoms with Gasteiger partial charge in [0.25, 0.3) is 0 Å². The molecule has 0 N–H and O–H groups in total. The van der Waals surface area contributed by atoms with Crippen molar-refractivity contribution >= 4 is 29.0 Å². The van der Waals surface area contributed by atoms with Gasteiger partial charge in [-0.3, -0.25) is 0 Å². The summed E-state index contributed by atoms with van der Waals surface area (Å²) in [6.45, 7) is 8.67. The SMILES string of the molecule is CC(C=CC1=C(C)C(=O)CCC1(C)C)=CC[PH](c1ccccc1)(c1ccccc1)c1ccccc1. The van der Waals surface area contributed by atoms with Crippen LogP contribution in [0.25, 0.3) is 0 Å². The minimum absolute atomic E-state index is 0.0331. The van der Waals surface area contributed by atoms with E-state index in [1.165, 1.54) is 27.1 Å². The average Bonchev–Trinajstić information content (AvgIpc) is 2.89. The molecule has 3 aromatic carbocycles. The van der Waals surface area contributed by atoms with E-state index in [0.29, 0.717) is 6.42 Å². The summed E-state index contributed by atoms with van der Waals surface area (Å²) in [5.74, 6) is 0.286.